The van der Waals surface area contributed by atoms with Gasteiger partial charge in [-0.3, -0.25) is 4.98 Å². The van der Waals surface area contributed by atoms with E-state index in [1.807, 2.05) is 32.9 Å². The Morgan fingerprint density at radius 3 is 2.59 bits per heavy atom. The minimum Gasteiger partial charge on any atom is -0.497 e. The second-order valence-electron chi connectivity index (χ2n) is 7.54. The zero-order valence-electron chi connectivity index (χ0n) is 17.1. The van der Waals surface area contributed by atoms with Crippen LogP contribution in [0, 0.1) is 0 Å². The fourth-order valence-corrected chi connectivity index (χ4v) is 3.42. The average Bonchev–Trinajstić information content (AvgIpc) is 2.71. The number of hydrogen-bond donors (Lipinski definition) is 0. The van der Waals surface area contributed by atoms with Gasteiger partial charge in [-0.05, 0) is 45.0 Å². The largest absolute Gasteiger partial charge is 0.497 e. The molecular weight excluding hydrogens is 392 g/mol. The van der Waals surface area contributed by atoms with E-state index in [0.29, 0.717) is 34.9 Å². The summed E-state index contributed by atoms with van der Waals surface area (Å²) in [4.78, 5) is 16.0. The molecule has 1 aliphatic rings. The van der Waals surface area contributed by atoms with Crippen LogP contribution >= 0.6 is 0 Å². The normalized spacial score (nSPS) is 18.5. The molecule has 0 aliphatic carbocycles. The van der Waals surface area contributed by atoms with Gasteiger partial charge in [-0.15, -0.1) is 0 Å². The number of rotatable bonds is 4. The van der Waals surface area contributed by atoms with Crippen LogP contribution in [-0.2, 0) is 15.7 Å². The molecule has 2 heterocycles. The molecule has 0 saturated carbocycles. The number of esters is 1. The van der Waals surface area contributed by atoms with Gasteiger partial charge >= 0.3 is 5.97 Å². The third-order valence-electron chi connectivity index (χ3n) is 4.40. The maximum absolute atomic E-state index is 12.7. The van der Waals surface area contributed by atoms with Gasteiger partial charge in [0.15, 0.2) is 0 Å². The predicted octanol–water partition coefficient (Wildman–Crippen LogP) is 3.65. The van der Waals surface area contributed by atoms with Crippen molar-refractivity contribution in [1.82, 2.24) is 4.98 Å². The SMILES string of the molecule is COC(=O)c1ccc([C@H]2C/C(=N\[S@@](=O)C(C)(C)C)c3ccc(OC)cc3O2)nc1. The summed E-state index contributed by atoms with van der Waals surface area (Å²) in [6, 6.07) is 8.82. The van der Waals surface area contributed by atoms with E-state index < -0.39 is 27.8 Å². The van der Waals surface area contributed by atoms with Gasteiger partial charge in [0.05, 0.1) is 35.9 Å². The molecule has 0 N–H and O–H groups in total. The highest BCUT2D eigenvalue weighted by Gasteiger charge is 2.30. The van der Waals surface area contributed by atoms with E-state index in [0.717, 1.165) is 5.56 Å². The minimum absolute atomic E-state index is 0.358. The Morgan fingerprint density at radius 1 is 1.24 bits per heavy atom. The van der Waals surface area contributed by atoms with Crippen molar-refractivity contribution in [3.05, 3.63) is 53.3 Å². The number of benzene rings is 1. The number of carbonyl (C=O) groups is 1. The predicted molar refractivity (Wildman–Crippen MR) is 111 cm³/mol. The molecule has 0 radical (unpaired) electrons. The molecule has 29 heavy (non-hydrogen) atoms. The molecule has 0 spiro atoms. The summed E-state index contributed by atoms with van der Waals surface area (Å²) in [6.07, 6.45) is 1.43. The molecule has 2 aromatic rings. The number of fused-ring (bicyclic) bond motifs is 1. The maximum atomic E-state index is 12.7. The van der Waals surface area contributed by atoms with Crippen LogP contribution in [0.2, 0.25) is 0 Å². The molecule has 8 heteroatoms. The zero-order chi connectivity index (χ0) is 21.2. The van der Waals surface area contributed by atoms with E-state index in [1.54, 1.807) is 25.3 Å². The number of methoxy groups -OCH3 is 2. The number of carbonyl (C=O) groups excluding carboxylic acids is 1. The first-order valence-electron chi connectivity index (χ1n) is 9.12. The van der Waals surface area contributed by atoms with Crippen molar-refractivity contribution in [2.24, 2.45) is 4.40 Å². The highest BCUT2D eigenvalue weighted by molar-refractivity contribution is 7.85. The van der Waals surface area contributed by atoms with Gasteiger partial charge < -0.3 is 14.2 Å². The summed E-state index contributed by atoms with van der Waals surface area (Å²) in [5.41, 5.74) is 2.47. The van der Waals surface area contributed by atoms with Gasteiger partial charge in [0.25, 0.3) is 0 Å². The van der Waals surface area contributed by atoms with Crippen LogP contribution in [0.3, 0.4) is 0 Å². The van der Waals surface area contributed by atoms with Crippen LogP contribution in [0.5, 0.6) is 11.5 Å². The fourth-order valence-electron chi connectivity index (χ4n) is 2.77. The number of nitrogens with zero attached hydrogens (tertiary/aromatic N) is 2. The molecule has 0 amide bonds. The highest BCUT2D eigenvalue weighted by atomic mass is 32.2. The van der Waals surface area contributed by atoms with E-state index in [2.05, 4.69) is 9.38 Å². The third kappa shape index (κ3) is 4.64. The van der Waals surface area contributed by atoms with Gasteiger partial charge in [0, 0.05) is 24.2 Å². The summed E-state index contributed by atoms with van der Waals surface area (Å²) >= 11 is 0. The summed E-state index contributed by atoms with van der Waals surface area (Å²) < 4.78 is 32.8. The van der Waals surface area contributed by atoms with Gasteiger partial charge in [-0.2, -0.15) is 4.40 Å². The van der Waals surface area contributed by atoms with Gasteiger partial charge in [0.2, 0.25) is 0 Å². The lowest BCUT2D eigenvalue weighted by Crippen LogP contribution is -2.25. The van der Waals surface area contributed by atoms with Crippen molar-refractivity contribution in [2.75, 3.05) is 14.2 Å². The third-order valence-corrected chi connectivity index (χ3v) is 5.84. The van der Waals surface area contributed by atoms with Crippen LogP contribution in [0.25, 0.3) is 0 Å². The summed E-state index contributed by atoms with van der Waals surface area (Å²) in [5, 5.41) is 0. The van der Waals surface area contributed by atoms with Crippen LogP contribution in [-0.4, -0.2) is 39.8 Å². The van der Waals surface area contributed by atoms with Crippen molar-refractivity contribution in [3.8, 4) is 11.5 Å². The molecule has 1 aromatic heterocycles. The minimum atomic E-state index is -1.41. The molecular formula is C21H24N2O5S. The Hall–Kier alpha value is -2.74. The monoisotopic (exact) mass is 416 g/mol. The van der Waals surface area contributed by atoms with Crippen molar-refractivity contribution >= 4 is 22.7 Å². The van der Waals surface area contributed by atoms with Crippen molar-refractivity contribution in [1.29, 1.82) is 0 Å². The smallest absolute Gasteiger partial charge is 0.339 e. The van der Waals surface area contributed by atoms with Crippen molar-refractivity contribution in [2.45, 2.75) is 38.0 Å². The highest BCUT2D eigenvalue weighted by Crippen LogP contribution is 2.37. The van der Waals surface area contributed by atoms with E-state index >= 15 is 0 Å². The number of ether oxygens (including phenoxy) is 3. The van der Waals surface area contributed by atoms with Crippen LogP contribution in [0.1, 0.15) is 54.9 Å². The van der Waals surface area contributed by atoms with Gasteiger partial charge in [0.1, 0.15) is 28.6 Å². The van der Waals surface area contributed by atoms with Crippen LogP contribution in [0.4, 0.5) is 0 Å². The number of aromatic nitrogens is 1. The topological polar surface area (TPSA) is 87.1 Å². The molecule has 0 saturated heterocycles. The first-order chi connectivity index (χ1) is 13.7. The van der Waals surface area contributed by atoms with Crippen molar-refractivity contribution < 1.29 is 23.2 Å². The molecule has 0 bridgehead atoms. The number of pyridine rings is 1. The summed E-state index contributed by atoms with van der Waals surface area (Å²) in [6.45, 7) is 5.64. The Labute approximate surface area is 172 Å². The van der Waals surface area contributed by atoms with E-state index in [-0.39, 0.29) is 0 Å². The van der Waals surface area contributed by atoms with E-state index in [9.17, 15) is 9.00 Å². The first-order valence-corrected chi connectivity index (χ1v) is 10.2. The fraction of sp³-hybridized carbons (Fsp3) is 0.381. The zero-order valence-corrected chi connectivity index (χ0v) is 17.9. The van der Waals surface area contributed by atoms with Gasteiger partial charge in [-0.1, -0.05) is 0 Å². The average molecular weight is 416 g/mol. The molecule has 1 aliphatic heterocycles. The molecule has 7 nitrogen and oxygen atoms in total. The lowest BCUT2D eigenvalue weighted by molar-refractivity contribution is 0.0600. The van der Waals surface area contributed by atoms with E-state index in [4.69, 9.17) is 14.2 Å². The quantitative estimate of drug-likeness (QED) is 0.707. The molecule has 154 valence electrons. The standard InChI is InChI=1S/C21H24N2O5S/c1-21(2,3)29(25)23-17-11-19(16-9-6-13(12-22-16)20(24)27-5)28-18-10-14(26-4)7-8-15(17)18/h6-10,12,19H,11H2,1-5H3/b23-17+/t19-,29+/m1/s1. The van der Waals surface area contributed by atoms with E-state index in [1.165, 1.54) is 13.3 Å². The molecule has 1 aromatic carbocycles. The second kappa shape index (κ2) is 8.32. The lowest BCUT2D eigenvalue weighted by Gasteiger charge is -2.28. The van der Waals surface area contributed by atoms with Gasteiger partial charge in [-0.25, -0.2) is 9.00 Å². The Bertz CT molecular complexity index is 964. The number of hydrogen-bond acceptors (Lipinski definition) is 6. The molecule has 2 atom stereocenters. The molecule has 0 fully saturated rings. The Morgan fingerprint density at radius 2 is 2.00 bits per heavy atom. The maximum Gasteiger partial charge on any atom is 0.339 e. The summed E-state index contributed by atoms with van der Waals surface area (Å²) in [5.74, 6) is 0.783. The summed E-state index contributed by atoms with van der Waals surface area (Å²) in [7, 11) is 1.49. The molecule has 3 rings (SSSR count). The Kier molecular flexibility index (Phi) is 6.02. The van der Waals surface area contributed by atoms with Crippen LogP contribution in [0.15, 0.2) is 40.9 Å². The second-order valence-corrected chi connectivity index (χ2v) is 9.44. The molecule has 0 unspecified atom stereocenters. The van der Waals surface area contributed by atoms with Crippen molar-refractivity contribution in [3.63, 3.8) is 0 Å². The Balaban J connectivity index is 2.00. The first kappa shape index (κ1) is 21.0. The van der Waals surface area contributed by atoms with Crippen LogP contribution < -0.4 is 9.47 Å². The lowest BCUT2D eigenvalue weighted by atomic mass is 9.97.